The Balaban J connectivity index is 1.31. The Morgan fingerprint density at radius 1 is 1.18 bits per heavy atom. The Morgan fingerprint density at radius 2 is 1.97 bits per heavy atom. The number of fused-ring (bicyclic) bond motifs is 1. The van der Waals surface area contributed by atoms with Gasteiger partial charge in [0.2, 0.25) is 11.8 Å². The highest BCUT2D eigenvalue weighted by Gasteiger charge is 2.18. The van der Waals surface area contributed by atoms with Crippen molar-refractivity contribution >= 4 is 22.5 Å². The van der Waals surface area contributed by atoms with Gasteiger partial charge in [-0.2, -0.15) is 5.10 Å². The van der Waals surface area contributed by atoms with E-state index in [1.54, 1.807) is 30.1 Å². The summed E-state index contributed by atoms with van der Waals surface area (Å²) in [6, 6.07) is 8.52. The predicted octanol–water partition coefficient (Wildman–Crippen LogP) is 5.13. The molecule has 0 unspecified atom stereocenters. The van der Waals surface area contributed by atoms with Crippen LogP contribution < -0.4 is 20.1 Å². The lowest BCUT2D eigenvalue weighted by molar-refractivity contribution is -0.115. The van der Waals surface area contributed by atoms with Crippen molar-refractivity contribution in [3.8, 4) is 17.4 Å². The second-order valence-corrected chi connectivity index (χ2v) is 10.8. The molecule has 4 aromatic rings. The highest BCUT2D eigenvalue weighted by Crippen LogP contribution is 2.33. The molecule has 0 spiro atoms. The average Bonchev–Trinajstić information content (AvgIpc) is 3.37. The van der Waals surface area contributed by atoms with Gasteiger partial charge in [0.25, 0.3) is 0 Å². The smallest absolute Gasteiger partial charge is 0.230 e. The zero-order chi connectivity index (χ0) is 27.6. The van der Waals surface area contributed by atoms with Crippen LogP contribution in [0.5, 0.6) is 17.4 Å². The highest BCUT2D eigenvalue weighted by molar-refractivity contribution is 5.92. The van der Waals surface area contributed by atoms with Gasteiger partial charge in [-0.3, -0.25) is 9.48 Å². The summed E-state index contributed by atoms with van der Waals surface area (Å²) in [4.78, 5) is 21.3. The molecule has 0 bridgehead atoms. The Morgan fingerprint density at radius 3 is 2.72 bits per heavy atom. The summed E-state index contributed by atoms with van der Waals surface area (Å²) in [7, 11) is 0. The van der Waals surface area contributed by atoms with Crippen LogP contribution in [0.1, 0.15) is 44.7 Å². The molecule has 2 aromatic heterocycles. The third kappa shape index (κ3) is 6.34. The van der Waals surface area contributed by atoms with Crippen LogP contribution in [-0.2, 0) is 16.8 Å². The monoisotopic (exact) mass is 532 g/mol. The Kier molecular flexibility index (Phi) is 7.47. The SMILES string of the molecule is Cc1cc(CC(=O)Nc2cnn(C(C)(C)C)c2)c(F)cc1Oc1ncnc2ccc(OC3CCNCC3)cc12. The maximum Gasteiger partial charge on any atom is 0.230 e. The van der Waals surface area contributed by atoms with Gasteiger partial charge in [0.05, 0.1) is 34.7 Å². The molecule has 2 N–H and O–H groups in total. The maximum absolute atomic E-state index is 15.1. The van der Waals surface area contributed by atoms with Crippen molar-refractivity contribution in [2.45, 2.75) is 58.6 Å². The van der Waals surface area contributed by atoms with E-state index in [0.29, 0.717) is 39.5 Å². The summed E-state index contributed by atoms with van der Waals surface area (Å²) in [6.45, 7) is 9.71. The van der Waals surface area contributed by atoms with Crippen LogP contribution in [0.3, 0.4) is 0 Å². The topological polar surface area (TPSA) is 103 Å². The number of ether oxygens (including phenoxy) is 2. The van der Waals surface area contributed by atoms with Crippen LogP contribution >= 0.6 is 0 Å². The largest absolute Gasteiger partial charge is 0.490 e. The fourth-order valence-corrected chi connectivity index (χ4v) is 4.48. The minimum absolute atomic E-state index is 0.124. The van der Waals surface area contributed by atoms with Gasteiger partial charge in [0.1, 0.15) is 29.7 Å². The summed E-state index contributed by atoms with van der Waals surface area (Å²) in [5.74, 6) is 0.460. The molecule has 9 nitrogen and oxygen atoms in total. The number of anilines is 1. The van der Waals surface area contributed by atoms with Gasteiger partial charge in [0.15, 0.2) is 0 Å². The summed E-state index contributed by atoms with van der Waals surface area (Å²) < 4.78 is 29.1. The minimum Gasteiger partial charge on any atom is -0.490 e. The molecule has 0 saturated carbocycles. The van der Waals surface area contributed by atoms with Crippen LogP contribution in [0.25, 0.3) is 10.9 Å². The molecule has 1 aliphatic heterocycles. The standard InChI is InChI=1S/C29H33FN6O3/c1-18-11-19(12-27(37)35-20-15-34-36(16-20)29(2,3)4)24(30)14-26(18)39-28-23-13-22(5-6-25(23)32-17-33-28)38-21-7-9-31-10-8-21/h5-6,11,13-17,21,31H,7-10,12H2,1-4H3,(H,35,37). The van der Waals surface area contributed by atoms with Crippen LogP contribution in [-0.4, -0.2) is 44.8 Å². The van der Waals surface area contributed by atoms with Crippen molar-refractivity contribution in [3.05, 3.63) is 66.0 Å². The number of nitrogens with one attached hydrogen (secondary N) is 2. The second kappa shape index (κ2) is 11.0. The van der Waals surface area contributed by atoms with Crippen molar-refractivity contribution in [1.82, 2.24) is 25.1 Å². The normalized spacial score (nSPS) is 14.4. The number of piperidine rings is 1. The fourth-order valence-electron chi connectivity index (χ4n) is 4.48. The van der Waals surface area contributed by atoms with Gasteiger partial charge in [-0.15, -0.1) is 0 Å². The van der Waals surface area contributed by atoms with Gasteiger partial charge in [0, 0.05) is 12.3 Å². The van der Waals surface area contributed by atoms with Gasteiger partial charge in [-0.05, 0) is 89.0 Å². The molecule has 3 heterocycles. The molecule has 2 aromatic carbocycles. The lowest BCUT2D eigenvalue weighted by atomic mass is 10.1. The molecule has 5 rings (SSSR count). The number of carbonyl (C=O) groups excluding carboxylic acids is 1. The molecular formula is C29H33FN6O3. The molecule has 1 amide bonds. The second-order valence-electron chi connectivity index (χ2n) is 10.8. The van der Waals surface area contributed by atoms with Crippen LogP contribution in [0.2, 0.25) is 0 Å². The maximum atomic E-state index is 15.1. The zero-order valence-electron chi connectivity index (χ0n) is 22.6. The highest BCUT2D eigenvalue weighted by atomic mass is 19.1. The number of benzene rings is 2. The number of halogens is 1. The van der Waals surface area contributed by atoms with E-state index in [1.165, 1.54) is 12.4 Å². The number of aromatic nitrogens is 4. The number of aryl methyl sites for hydroxylation is 1. The zero-order valence-corrected chi connectivity index (χ0v) is 22.6. The van der Waals surface area contributed by atoms with Crippen molar-refractivity contribution in [3.63, 3.8) is 0 Å². The Hall–Kier alpha value is -4.05. The van der Waals surface area contributed by atoms with E-state index in [1.807, 2.05) is 39.0 Å². The molecule has 1 saturated heterocycles. The van der Waals surface area contributed by atoms with Crippen molar-refractivity contribution < 1.29 is 18.7 Å². The van der Waals surface area contributed by atoms with E-state index < -0.39 is 5.82 Å². The average molecular weight is 533 g/mol. The van der Waals surface area contributed by atoms with Gasteiger partial charge in [-0.25, -0.2) is 14.4 Å². The summed E-state index contributed by atoms with van der Waals surface area (Å²) in [5, 5.41) is 11.1. The molecule has 0 atom stereocenters. The summed E-state index contributed by atoms with van der Waals surface area (Å²) in [6.07, 6.45) is 6.65. The lowest BCUT2D eigenvalue weighted by Gasteiger charge is -2.24. The van der Waals surface area contributed by atoms with Crippen molar-refractivity contribution in [2.75, 3.05) is 18.4 Å². The quantitative estimate of drug-likeness (QED) is 0.340. The van der Waals surface area contributed by atoms with Gasteiger partial charge < -0.3 is 20.1 Å². The van der Waals surface area contributed by atoms with E-state index in [4.69, 9.17) is 9.47 Å². The molecule has 39 heavy (non-hydrogen) atoms. The predicted molar refractivity (Wildman–Crippen MR) is 147 cm³/mol. The number of hydrogen-bond donors (Lipinski definition) is 2. The van der Waals surface area contributed by atoms with Crippen molar-refractivity contribution in [1.29, 1.82) is 0 Å². The summed E-state index contributed by atoms with van der Waals surface area (Å²) >= 11 is 0. The number of nitrogens with zero attached hydrogens (tertiary/aromatic N) is 4. The molecule has 1 fully saturated rings. The number of hydrogen-bond acceptors (Lipinski definition) is 7. The summed E-state index contributed by atoms with van der Waals surface area (Å²) in [5.41, 5.74) is 1.99. The Bertz CT molecular complexity index is 1490. The van der Waals surface area contributed by atoms with E-state index in [2.05, 4.69) is 25.7 Å². The Labute approximate surface area is 226 Å². The van der Waals surface area contributed by atoms with Crippen LogP contribution in [0.4, 0.5) is 10.1 Å². The molecule has 1 aliphatic rings. The van der Waals surface area contributed by atoms with Gasteiger partial charge in [-0.1, -0.05) is 0 Å². The van der Waals surface area contributed by atoms with Crippen LogP contribution in [0, 0.1) is 12.7 Å². The number of rotatable bonds is 7. The van der Waals surface area contributed by atoms with Crippen molar-refractivity contribution in [2.24, 2.45) is 0 Å². The first-order chi connectivity index (χ1) is 18.7. The first-order valence-electron chi connectivity index (χ1n) is 13.1. The van der Waals surface area contributed by atoms with E-state index in [0.717, 1.165) is 25.9 Å². The first-order valence-corrected chi connectivity index (χ1v) is 13.1. The minimum atomic E-state index is -0.538. The molecular weight excluding hydrogens is 499 g/mol. The molecule has 204 valence electrons. The van der Waals surface area contributed by atoms with Crippen LogP contribution in [0.15, 0.2) is 49.1 Å². The lowest BCUT2D eigenvalue weighted by Crippen LogP contribution is -2.34. The molecule has 0 aliphatic carbocycles. The van der Waals surface area contributed by atoms with E-state index in [9.17, 15) is 4.79 Å². The van der Waals surface area contributed by atoms with E-state index >= 15 is 4.39 Å². The number of amides is 1. The third-order valence-electron chi connectivity index (χ3n) is 6.61. The molecule has 10 heteroatoms. The number of carbonyl (C=O) groups is 1. The molecule has 0 radical (unpaired) electrons. The van der Waals surface area contributed by atoms with Gasteiger partial charge >= 0.3 is 0 Å². The van der Waals surface area contributed by atoms with E-state index in [-0.39, 0.29) is 29.5 Å². The fraction of sp³-hybridized carbons (Fsp3) is 0.379. The first kappa shape index (κ1) is 26.6. The third-order valence-corrected chi connectivity index (χ3v) is 6.61.